The fraction of sp³-hybridized carbons (Fsp3) is 0.300. The molecule has 0 fully saturated rings. The Kier molecular flexibility index (Phi) is 2.35. The molecule has 0 aliphatic rings. The first kappa shape index (κ1) is 8.61. The number of phenols is 1. The second-order valence-corrected chi connectivity index (χ2v) is 3.04. The van der Waals surface area contributed by atoms with E-state index in [1.807, 2.05) is 13.8 Å². The fourth-order valence-electron chi connectivity index (χ4n) is 1.14. The smallest absolute Gasteiger partial charge is 0.116 e. The van der Waals surface area contributed by atoms with Gasteiger partial charge in [0.25, 0.3) is 0 Å². The standard InChI is InChI=1S/C10H11NO/c1-7(2)10-4-3-9(12)5-8(10)6-11/h3-5,7,12H,1-2H3. The average Bonchev–Trinajstić information content (AvgIpc) is 2.03. The number of hydrogen-bond acceptors (Lipinski definition) is 2. The zero-order valence-corrected chi connectivity index (χ0v) is 7.20. The lowest BCUT2D eigenvalue weighted by molar-refractivity contribution is 0.474. The minimum atomic E-state index is 0.149. The maximum atomic E-state index is 9.10. The maximum absolute atomic E-state index is 9.10. The lowest BCUT2D eigenvalue weighted by Gasteiger charge is -2.06. The molecule has 2 heteroatoms. The van der Waals surface area contributed by atoms with Crippen LogP contribution in [0.1, 0.15) is 30.9 Å². The van der Waals surface area contributed by atoms with Crippen LogP contribution in [0.4, 0.5) is 0 Å². The second kappa shape index (κ2) is 3.27. The van der Waals surface area contributed by atoms with Crippen molar-refractivity contribution in [2.45, 2.75) is 19.8 Å². The van der Waals surface area contributed by atoms with E-state index in [-0.39, 0.29) is 5.75 Å². The zero-order chi connectivity index (χ0) is 9.14. The summed E-state index contributed by atoms with van der Waals surface area (Å²) in [7, 11) is 0. The first-order chi connectivity index (χ1) is 5.65. The van der Waals surface area contributed by atoms with Crippen molar-refractivity contribution in [3.8, 4) is 11.8 Å². The SMILES string of the molecule is CC(C)c1ccc(O)cc1C#N. The number of benzene rings is 1. The van der Waals surface area contributed by atoms with Gasteiger partial charge in [-0.2, -0.15) is 5.26 Å². The molecule has 0 heterocycles. The molecule has 0 aliphatic carbocycles. The molecule has 1 aromatic carbocycles. The zero-order valence-electron chi connectivity index (χ0n) is 7.20. The monoisotopic (exact) mass is 161 g/mol. The molecule has 0 aliphatic heterocycles. The van der Waals surface area contributed by atoms with Crippen molar-refractivity contribution in [1.82, 2.24) is 0 Å². The summed E-state index contributed by atoms with van der Waals surface area (Å²) in [4.78, 5) is 0. The van der Waals surface area contributed by atoms with Gasteiger partial charge in [-0.3, -0.25) is 0 Å². The predicted octanol–water partition coefficient (Wildman–Crippen LogP) is 2.39. The molecular weight excluding hydrogens is 150 g/mol. The summed E-state index contributed by atoms with van der Waals surface area (Å²) in [6.07, 6.45) is 0. The molecule has 62 valence electrons. The van der Waals surface area contributed by atoms with E-state index in [1.54, 1.807) is 12.1 Å². The van der Waals surface area contributed by atoms with Crippen LogP contribution in [-0.2, 0) is 0 Å². The number of nitriles is 1. The van der Waals surface area contributed by atoms with Gasteiger partial charge in [-0.1, -0.05) is 19.9 Å². The normalized spacial score (nSPS) is 9.83. The largest absolute Gasteiger partial charge is 0.508 e. The van der Waals surface area contributed by atoms with E-state index in [4.69, 9.17) is 10.4 Å². The van der Waals surface area contributed by atoms with Crippen molar-refractivity contribution in [1.29, 1.82) is 5.26 Å². The van der Waals surface area contributed by atoms with Crippen molar-refractivity contribution < 1.29 is 5.11 Å². The molecule has 1 N–H and O–H groups in total. The van der Waals surface area contributed by atoms with Crippen molar-refractivity contribution in [2.75, 3.05) is 0 Å². The lowest BCUT2D eigenvalue weighted by Crippen LogP contribution is -1.91. The number of hydrogen-bond donors (Lipinski definition) is 1. The molecule has 0 atom stereocenters. The third kappa shape index (κ3) is 1.57. The van der Waals surface area contributed by atoms with E-state index < -0.39 is 0 Å². The van der Waals surface area contributed by atoms with E-state index in [0.717, 1.165) is 5.56 Å². The van der Waals surface area contributed by atoms with Crippen molar-refractivity contribution in [3.05, 3.63) is 29.3 Å². The van der Waals surface area contributed by atoms with E-state index >= 15 is 0 Å². The van der Waals surface area contributed by atoms with Crippen LogP contribution in [0.3, 0.4) is 0 Å². The van der Waals surface area contributed by atoms with Crippen LogP contribution < -0.4 is 0 Å². The first-order valence-electron chi connectivity index (χ1n) is 3.88. The Balaban J connectivity index is 3.23. The van der Waals surface area contributed by atoms with Gasteiger partial charge in [-0.25, -0.2) is 0 Å². The molecule has 1 aromatic rings. The molecule has 1 rings (SSSR count). The highest BCUT2D eigenvalue weighted by Gasteiger charge is 2.05. The molecule has 0 unspecified atom stereocenters. The Labute approximate surface area is 72.1 Å². The second-order valence-electron chi connectivity index (χ2n) is 3.04. The fourth-order valence-corrected chi connectivity index (χ4v) is 1.14. The van der Waals surface area contributed by atoms with Crippen molar-refractivity contribution in [2.24, 2.45) is 0 Å². The van der Waals surface area contributed by atoms with Gasteiger partial charge in [-0.15, -0.1) is 0 Å². The summed E-state index contributed by atoms with van der Waals surface area (Å²) < 4.78 is 0. The average molecular weight is 161 g/mol. The predicted molar refractivity (Wildman–Crippen MR) is 46.9 cm³/mol. The number of aromatic hydroxyl groups is 1. The van der Waals surface area contributed by atoms with E-state index in [9.17, 15) is 0 Å². The van der Waals surface area contributed by atoms with Crippen molar-refractivity contribution >= 4 is 0 Å². The van der Waals surface area contributed by atoms with E-state index in [2.05, 4.69) is 6.07 Å². The molecule has 0 bridgehead atoms. The van der Waals surface area contributed by atoms with Crippen LogP contribution in [0.15, 0.2) is 18.2 Å². The molecule has 0 radical (unpaired) electrons. The third-order valence-corrected chi connectivity index (χ3v) is 1.78. The summed E-state index contributed by atoms with van der Waals surface area (Å²) >= 11 is 0. The van der Waals surface area contributed by atoms with Gasteiger partial charge in [0.15, 0.2) is 0 Å². The summed E-state index contributed by atoms with van der Waals surface area (Å²) in [6, 6.07) is 6.95. The first-order valence-corrected chi connectivity index (χ1v) is 3.88. The minimum Gasteiger partial charge on any atom is -0.508 e. The number of rotatable bonds is 1. The highest BCUT2D eigenvalue weighted by atomic mass is 16.3. The maximum Gasteiger partial charge on any atom is 0.116 e. The summed E-state index contributed by atoms with van der Waals surface area (Å²) in [5.74, 6) is 0.469. The van der Waals surface area contributed by atoms with Gasteiger partial charge < -0.3 is 5.11 Å². The Morgan fingerprint density at radius 1 is 1.42 bits per heavy atom. The van der Waals surface area contributed by atoms with E-state index in [1.165, 1.54) is 6.07 Å². The lowest BCUT2D eigenvalue weighted by atomic mass is 9.98. The molecule has 0 amide bonds. The Morgan fingerprint density at radius 2 is 2.08 bits per heavy atom. The highest BCUT2D eigenvalue weighted by Crippen LogP contribution is 2.22. The summed E-state index contributed by atoms with van der Waals surface area (Å²) in [5.41, 5.74) is 1.54. The quantitative estimate of drug-likeness (QED) is 0.687. The van der Waals surface area contributed by atoms with Crippen LogP contribution in [0.2, 0.25) is 0 Å². The molecular formula is C10H11NO. The van der Waals surface area contributed by atoms with Crippen LogP contribution in [0.25, 0.3) is 0 Å². The van der Waals surface area contributed by atoms with Gasteiger partial charge in [0.1, 0.15) is 5.75 Å². The van der Waals surface area contributed by atoms with Gasteiger partial charge >= 0.3 is 0 Å². The van der Waals surface area contributed by atoms with Crippen molar-refractivity contribution in [3.63, 3.8) is 0 Å². The van der Waals surface area contributed by atoms with E-state index in [0.29, 0.717) is 11.5 Å². The Morgan fingerprint density at radius 3 is 2.58 bits per heavy atom. The number of phenolic OH excluding ortho intramolecular Hbond substituents is 1. The Hall–Kier alpha value is -1.49. The third-order valence-electron chi connectivity index (χ3n) is 1.78. The van der Waals surface area contributed by atoms with Gasteiger partial charge in [-0.05, 0) is 23.6 Å². The molecule has 2 nitrogen and oxygen atoms in total. The molecule has 12 heavy (non-hydrogen) atoms. The molecule has 0 aromatic heterocycles. The van der Waals surface area contributed by atoms with Gasteiger partial charge in [0.2, 0.25) is 0 Å². The van der Waals surface area contributed by atoms with Crippen LogP contribution in [-0.4, -0.2) is 5.11 Å². The Bertz CT molecular complexity index is 323. The minimum absolute atomic E-state index is 0.149. The van der Waals surface area contributed by atoms with Gasteiger partial charge in [0.05, 0.1) is 11.6 Å². The van der Waals surface area contributed by atoms with Gasteiger partial charge in [0, 0.05) is 0 Å². The number of nitrogens with zero attached hydrogens (tertiary/aromatic N) is 1. The molecule has 0 saturated carbocycles. The van der Waals surface area contributed by atoms with Crippen LogP contribution >= 0.6 is 0 Å². The van der Waals surface area contributed by atoms with Crippen LogP contribution in [0, 0.1) is 11.3 Å². The van der Waals surface area contributed by atoms with Crippen LogP contribution in [0.5, 0.6) is 5.75 Å². The summed E-state index contributed by atoms with van der Waals surface area (Å²) in [5, 5.41) is 17.8. The highest BCUT2D eigenvalue weighted by molar-refractivity contribution is 5.44. The molecule has 0 saturated heterocycles. The molecule has 0 spiro atoms. The topological polar surface area (TPSA) is 44.0 Å². The summed E-state index contributed by atoms with van der Waals surface area (Å²) in [6.45, 7) is 4.04.